The zero-order valence-electron chi connectivity index (χ0n) is 17.1. The summed E-state index contributed by atoms with van der Waals surface area (Å²) in [5, 5.41) is 2.53. The van der Waals surface area contributed by atoms with Crippen LogP contribution < -0.4 is 0 Å². The molecule has 1 amide bonds. The van der Waals surface area contributed by atoms with E-state index < -0.39 is 0 Å². The van der Waals surface area contributed by atoms with Gasteiger partial charge in [-0.1, -0.05) is 48.0 Å². The lowest BCUT2D eigenvalue weighted by molar-refractivity contribution is 0.0361. The van der Waals surface area contributed by atoms with Crippen molar-refractivity contribution < 1.29 is 9.53 Å². The third-order valence-corrected chi connectivity index (χ3v) is 5.70. The second-order valence-electron chi connectivity index (χ2n) is 7.47. The smallest absolute Gasteiger partial charge is 0.270 e. The van der Waals surface area contributed by atoms with Gasteiger partial charge < -0.3 is 14.6 Å². The molecule has 0 unspecified atom stereocenters. The molecule has 2 heterocycles. The minimum Gasteiger partial charge on any atom is -0.379 e. The molecule has 0 atom stereocenters. The first-order valence-electron chi connectivity index (χ1n) is 10.1. The Bertz CT molecular complexity index is 985. The van der Waals surface area contributed by atoms with Crippen molar-refractivity contribution in [2.24, 2.45) is 0 Å². The van der Waals surface area contributed by atoms with Crippen LogP contribution in [0.5, 0.6) is 0 Å². The maximum atomic E-state index is 13.2. The van der Waals surface area contributed by atoms with Gasteiger partial charge in [-0.3, -0.25) is 9.69 Å². The molecule has 1 N–H and O–H groups in total. The molecule has 0 aliphatic carbocycles. The Labute approximate surface area is 188 Å². The third-order valence-electron chi connectivity index (χ3n) is 5.46. The van der Waals surface area contributed by atoms with Gasteiger partial charge in [-0.05, 0) is 24.1 Å². The van der Waals surface area contributed by atoms with Crippen molar-refractivity contribution in [1.29, 1.82) is 0 Å². The average Bonchev–Trinajstić information content (AvgIpc) is 3.13. The lowest BCUT2D eigenvalue weighted by Gasteiger charge is -2.27. The molecule has 5 nitrogen and oxygen atoms in total. The summed E-state index contributed by atoms with van der Waals surface area (Å²) < 4.78 is 5.39. The van der Waals surface area contributed by atoms with Gasteiger partial charge in [0.25, 0.3) is 5.91 Å². The monoisotopic (exact) mass is 447 g/mol. The first kappa shape index (κ1) is 22.6. The van der Waals surface area contributed by atoms with Crippen LogP contribution in [0.3, 0.4) is 0 Å². The summed E-state index contributed by atoms with van der Waals surface area (Å²) >= 11 is 6.25. The summed E-state index contributed by atoms with van der Waals surface area (Å²) in [5.41, 5.74) is 2.58. The molecule has 1 fully saturated rings. The second-order valence-corrected chi connectivity index (χ2v) is 7.90. The summed E-state index contributed by atoms with van der Waals surface area (Å²) in [7, 11) is 1.87. The van der Waals surface area contributed by atoms with Crippen LogP contribution in [0.4, 0.5) is 0 Å². The van der Waals surface area contributed by atoms with E-state index in [0.29, 0.717) is 17.3 Å². The molecule has 1 aliphatic heterocycles. The lowest BCUT2D eigenvalue weighted by atomic mass is 10.1. The quantitative estimate of drug-likeness (QED) is 0.595. The fraction of sp³-hybridized carbons (Fsp3) is 0.348. The van der Waals surface area contributed by atoms with Gasteiger partial charge in [0.2, 0.25) is 0 Å². The van der Waals surface area contributed by atoms with Crippen molar-refractivity contribution in [1.82, 2.24) is 14.8 Å². The Morgan fingerprint density at radius 1 is 1.13 bits per heavy atom. The van der Waals surface area contributed by atoms with Gasteiger partial charge in [-0.2, -0.15) is 0 Å². The summed E-state index contributed by atoms with van der Waals surface area (Å²) in [6.07, 6.45) is 0.943. The standard InChI is InChI=1S/C23H26ClN3O2.ClH/c1-26(10-5-11-27-12-14-29-15-13-27)23(28)22-19-9-8-18(24)16-20(19)21(25-22)17-6-3-2-4-7-17;/h2-4,6-9,16,25H,5,10-15H2,1H3;1H. The molecule has 0 spiro atoms. The predicted molar refractivity (Wildman–Crippen MR) is 125 cm³/mol. The van der Waals surface area contributed by atoms with E-state index in [1.54, 1.807) is 4.90 Å². The zero-order chi connectivity index (χ0) is 20.2. The lowest BCUT2D eigenvalue weighted by Crippen LogP contribution is -2.38. The molecule has 160 valence electrons. The molecule has 0 radical (unpaired) electrons. The molecule has 7 heteroatoms. The molecule has 4 rings (SSSR count). The number of H-pyrrole nitrogens is 1. The van der Waals surface area contributed by atoms with Gasteiger partial charge in [-0.15, -0.1) is 12.4 Å². The van der Waals surface area contributed by atoms with Crippen molar-refractivity contribution >= 4 is 40.7 Å². The fourth-order valence-corrected chi connectivity index (χ4v) is 4.02. The highest BCUT2D eigenvalue weighted by molar-refractivity contribution is 6.31. The number of amides is 1. The molecule has 1 aromatic heterocycles. The maximum absolute atomic E-state index is 13.2. The Hall–Kier alpha value is -2.05. The number of aromatic nitrogens is 1. The Morgan fingerprint density at radius 2 is 1.87 bits per heavy atom. The maximum Gasteiger partial charge on any atom is 0.270 e. The summed E-state index contributed by atoms with van der Waals surface area (Å²) in [5.74, 6) is 0.00137. The largest absolute Gasteiger partial charge is 0.379 e. The van der Waals surface area contributed by atoms with E-state index in [4.69, 9.17) is 16.3 Å². The minimum absolute atomic E-state index is 0. The average molecular weight is 448 g/mol. The number of aromatic amines is 1. The molecular formula is C23H27Cl2N3O2. The first-order valence-corrected chi connectivity index (χ1v) is 10.4. The number of hydrogen-bond donors (Lipinski definition) is 1. The van der Waals surface area contributed by atoms with Crippen molar-refractivity contribution in [2.45, 2.75) is 6.42 Å². The highest BCUT2D eigenvalue weighted by Gasteiger charge is 2.20. The van der Waals surface area contributed by atoms with E-state index in [1.165, 1.54) is 0 Å². The van der Waals surface area contributed by atoms with Gasteiger partial charge in [0.05, 0.1) is 18.9 Å². The van der Waals surface area contributed by atoms with Gasteiger partial charge in [0, 0.05) is 49.0 Å². The molecule has 2 aromatic carbocycles. The molecule has 0 bridgehead atoms. The highest BCUT2D eigenvalue weighted by atomic mass is 35.5. The van der Waals surface area contributed by atoms with Crippen LogP contribution in [0, 0.1) is 0 Å². The predicted octanol–water partition coefficient (Wildman–Crippen LogP) is 4.70. The van der Waals surface area contributed by atoms with Crippen LogP contribution in [0.25, 0.3) is 22.0 Å². The summed E-state index contributed by atoms with van der Waals surface area (Å²) in [4.78, 5) is 20.8. The number of ether oxygens (including phenoxy) is 1. The summed E-state index contributed by atoms with van der Waals surface area (Å²) in [6, 6.07) is 15.7. The molecule has 30 heavy (non-hydrogen) atoms. The number of morpholine rings is 1. The van der Waals surface area contributed by atoms with E-state index in [9.17, 15) is 4.79 Å². The third kappa shape index (κ3) is 4.98. The van der Waals surface area contributed by atoms with Crippen LogP contribution in [0.2, 0.25) is 5.02 Å². The number of nitrogens with zero attached hydrogens (tertiary/aromatic N) is 2. The number of benzene rings is 2. The SMILES string of the molecule is CN(CCCN1CCOCC1)C(=O)c1[nH]c(-c2ccccc2)c2cc(Cl)ccc12.Cl. The Morgan fingerprint density at radius 3 is 2.60 bits per heavy atom. The van der Waals surface area contributed by atoms with Crippen molar-refractivity contribution in [3.05, 3.63) is 59.2 Å². The Kier molecular flexibility index (Phi) is 7.78. The highest BCUT2D eigenvalue weighted by Crippen LogP contribution is 2.33. The van der Waals surface area contributed by atoms with Crippen LogP contribution in [0.1, 0.15) is 16.9 Å². The van der Waals surface area contributed by atoms with E-state index in [2.05, 4.69) is 9.88 Å². The Balaban J connectivity index is 0.00000256. The van der Waals surface area contributed by atoms with E-state index in [-0.39, 0.29) is 18.3 Å². The van der Waals surface area contributed by atoms with Gasteiger partial charge in [0.15, 0.2) is 0 Å². The van der Waals surface area contributed by atoms with Crippen LogP contribution >= 0.6 is 24.0 Å². The van der Waals surface area contributed by atoms with E-state index in [1.807, 2.05) is 55.6 Å². The number of nitrogens with one attached hydrogen (secondary N) is 1. The zero-order valence-corrected chi connectivity index (χ0v) is 18.6. The van der Waals surface area contributed by atoms with Gasteiger partial charge in [-0.25, -0.2) is 0 Å². The summed E-state index contributed by atoms with van der Waals surface area (Å²) in [6.45, 7) is 5.24. The minimum atomic E-state index is 0. The molecule has 1 aliphatic rings. The van der Waals surface area contributed by atoms with Gasteiger partial charge in [0.1, 0.15) is 5.69 Å². The van der Waals surface area contributed by atoms with E-state index >= 15 is 0 Å². The second kappa shape index (κ2) is 10.3. The number of hydrogen-bond acceptors (Lipinski definition) is 3. The number of rotatable bonds is 6. The molecular weight excluding hydrogens is 421 g/mol. The van der Waals surface area contributed by atoms with Crippen LogP contribution in [-0.2, 0) is 4.74 Å². The van der Waals surface area contributed by atoms with Crippen molar-refractivity contribution in [3.63, 3.8) is 0 Å². The molecule has 0 saturated carbocycles. The fourth-order valence-electron chi connectivity index (χ4n) is 3.85. The van der Waals surface area contributed by atoms with Crippen molar-refractivity contribution in [2.75, 3.05) is 46.4 Å². The number of carbonyl (C=O) groups excluding carboxylic acids is 1. The topological polar surface area (TPSA) is 48.6 Å². The number of halogens is 2. The van der Waals surface area contributed by atoms with Crippen LogP contribution in [-0.4, -0.2) is 67.1 Å². The van der Waals surface area contributed by atoms with E-state index in [0.717, 1.165) is 61.3 Å². The normalized spacial score (nSPS) is 14.5. The number of carbonyl (C=O) groups is 1. The van der Waals surface area contributed by atoms with Crippen molar-refractivity contribution in [3.8, 4) is 11.3 Å². The molecule has 1 saturated heterocycles. The van der Waals surface area contributed by atoms with Gasteiger partial charge >= 0.3 is 0 Å². The molecule has 3 aromatic rings. The number of fused-ring (bicyclic) bond motifs is 1. The van der Waals surface area contributed by atoms with Crippen LogP contribution in [0.15, 0.2) is 48.5 Å². The first-order chi connectivity index (χ1) is 14.1.